The molecule has 0 atom stereocenters. The summed E-state index contributed by atoms with van der Waals surface area (Å²) in [6, 6.07) is 15.2. The van der Waals surface area contributed by atoms with Gasteiger partial charge >= 0.3 is 0 Å². The van der Waals surface area contributed by atoms with Crippen molar-refractivity contribution in [2.75, 3.05) is 19.1 Å². The number of carbonyl (C=O) groups is 1. The lowest BCUT2D eigenvalue weighted by atomic mass is 10.2. The number of ether oxygens (including phenoxy) is 2. The lowest BCUT2D eigenvalue weighted by Gasteiger charge is -2.20. The summed E-state index contributed by atoms with van der Waals surface area (Å²) in [4.78, 5) is 23.2. The van der Waals surface area contributed by atoms with E-state index < -0.39 is 0 Å². The third-order valence-corrected chi connectivity index (χ3v) is 6.53. The Morgan fingerprint density at radius 2 is 2.00 bits per heavy atom. The summed E-state index contributed by atoms with van der Waals surface area (Å²) in [6.07, 6.45) is 3.69. The number of methoxy groups -OCH3 is 2. The molecule has 9 heteroatoms. The minimum absolute atomic E-state index is 0.128. The van der Waals surface area contributed by atoms with Crippen LogP contribution in [0.5, 0.6) is 11.5 Å². The van der Waals surface area contributed by atoms with Crippen LogP contribution in [0.1, 0.15) is 12.6 Å². The Bertz CT molecular complexity index is 1220. The van der Waals surface area contributed by atoms with Crippen LogP contribution < -0.4 is 14.4 Å². The number of thioether (sulfide) groups is 1. The number of hydrogen-bond acceptors (Lipinski definition) is 7. The summed E-state index contributed by atoms with van der Waals surface area (Å²) in [5, 5.41) is 3.42. The van der Waals surface area contributed by atoms with Crippen molar-refractivity contribution >= 4 is 39.8 Å². The zero-order valence-electron chi connectivity index (χ0n) is 17.9. The van der Waals surface area contributed by atoms with E-state index in [-0.39, 0.29) is 5.91 Å². The quantitative estimate of drug-likeness (QED) is 0.327. The van der Waals surface area contributed by atoms with Gasteiger partial charge in [0.05, 0.1) is 31.3 Å². The van der Waals surface area contributed by atoms with Gasteiger partial charge in [0, 0.05) is 36.5 Å². The fourth-order valence-corrected chi connectivity index (χ4v) is 5.03. The number of para-hydroxylation sites is 2. The zero-order valence-corrected chi connectivity index (χ0v) is 19.5. The highest BCUT2D eigenvalue weighted by Gasteiger charge is 2.21. The molecule has 0 spiro atoms. The van der Waals surface area contributed by atoms with Crippen molar-refractivity contribution in [2.24, 2.45) is 0 Å². The first-order valence-corrected chi connectivity index (χ1v) is 11.7. The van der Waals surface area contributed by atoms with Gasteiger partial charge in [-0.3, -0.25) is 14.3 Å². The van der Waals surface area contributed by atoms with Crippen molar-refractivity contribution in [1.29, 1.82) is 0 Å². The summed E-state index contributed by atoms with van der Waals surface area (Å²) in [6.45, 7) is 1.52. The molecular formula is C23H22N4O3S2. The normalized spacial score (nSPS) is 10.7. The van der Waals surface area contributed by atoms with E-state index in [0.29, 0.717) is 22.3 Å². The molecule has 2 aromatic heterocycles. The molecule has 0 N–H and O–H groups in total. The van der Waals surface area contributed by atoms with Crippen LogP contribution in [-0.2, 0) is 10.5 Å². The number of anilines is 2. The highest BCUT2D eigenvalue weighted by molar-refractivity contribution is 7.98. The minimum atomic E-state index is -0.128. The second-order valence-electron chi connectivity index (χ2n) is 6.72. The highest BCUT2D eigenvalue weighted by atomic mass is 32.2. The molecule has 0 unspecified atom stereocenters. The minimum Gasteiger partial charge on any atom is -0.497 e. The van der Waals surface area contributed by atoms with Crippen molar-refractivity contribution in [2.45, 2.75) is 17.8 Å². The summed E-state index contributed by atoms with van der Waals surface area (Å²) < 4.78 is 12.8. The predicted octanol–water partition coefficient (Wildman–Crippen LogP) is 5.32. The molecule has 0 aliphatic heterocycles. The van der Waals surface area contributed by atoms with Gasteiger partial charge < -0.3 is 9.47 Å². The molecule has 0 fully saturated rings. The molecule has 0 aliphatic carbocycles. The van der Waals surface area contributed by atoms with Crippen LogP contribution in [0.2, 0.25) is 0 Å². The maximum atomic E-state index is 12.4. The maximum absolute atomic E-state index is 12.4. The van der Waals surface area contributed by atoms with E-state index in [1.165, 1.54) is 18.3 Å². The Hall–Kier alpha value is -3.30. The molecule has 4 aromatic rings. The number of rotatable bonds is 8. The second-order valence-corrected chi connectivity index (χ2v) is 8.50. The number of nitrogens with zero attached hydrogens (tertiary/aromatic N) is 4. The molecule has 4 rings (SSSR count). The standard InChI is InChI=1S/C23H22N4O3S2/c1-16(28)27(20-9-4-5-10-21(20)30-3)23-25-17(15-32-23)14-31-22-24-11-12-26(22)18-7-6-8-19(13-18)29-2/h4-13,15H,14H2,1-3H3. The molecule has 0 bridgehead atoms. The van der Waals surface area contributed by atoms with E-state index in [9.17, 15) is 4.79 Å². The van der Waals surface area contributed by atoms with Crippen molar-refractivity contribution in [3.63, 3.8) is 0 Å². The van der Waals surface area contributed by atoms with E-state index in [2.05, 4.69) is 4.98 Å². The Kier molecular flexibility index (Phi) is 6.77. The van der Waals surface area contributed by atoms with Crippen molar-refractivity contribution in [1.82, 2.24) is 14.5 Å². The first kappa shape index (κ1) is 21.9. The van der Waals surface area contributed by atoms with E-state index in [4.69, 9.17) is 14.5 Å². The molecule has 0 aliphatic rings. The van der Waals surface area contributed by atoms with Crippen molar-refractivity contribution < 1.29 is 14.3 Å². The van der Waals surface area contributed by atoms with Crippen molar-refractivity contribution in [3.8, 4) is 17.2 Å². The van der Waals surface area contributed by atoms with Crippen LogP contribution in [0.25, 0.3) is 5.69 Å². The molecule has 164 valence electrons. The molecule has 2 heterocycles. The van der Waals surface area contributed by atoms with Gasteiger partial charge in [0.25, 0.3) is 0 Å². The molecule has 0 saturated carbocycles. The SMILES string of the molecule is COc1cccc(-n2ccnc2SCc2csc(N(C(C)=O)c3ccccc3OC)n2)c1. The number of thiazole rings is 1. The number of amides is 1. The van der Waals surface area contributed by atoms with Gasteiger partial charge in [0.2, 0.25) is 5.91 Å². The highest BCUT2D eigenvalue weighted by Crippen LogP contribution is 2.36. The molecule has 7 nitrogen and oxygen atoms in total. The fourth-order valence-electron chi connectivity index (χ4n) is 3.18. The zero-order chi connectivity index (χ0) is 22.5. The monoisotopic (exact) mass is 466 g/mol. The van der Waals surface area contributed by atoms with E-state index >= 15 is 0 Å². The first-order chi connectivity index (χ1) is 15.6. The number of hydrogen-bond donors (Lipinski definition) is 0. The van der Waals surface area contributed by atoms with Crippen molar-refractivity contribution in [3.05, 3.63) is 72.0 Å². The fraction of sp³-hybridized carbons (Fsp3) is 0.174. The van der Waals surface area contributed by atoms with Gasteiger partial charge in [-0.25, -0.2) is 9.97 Å². The molecule has 32 heavy (non-hydrogen) atoms. The maximum Gasteiger partial charge on any atom is 0.230 e. The van der Waals surface area contributed by atoms with Crippen LogP contribution in [-0.4, -0.2) is 34.7 Å². The van der Waals surface area contributed by atoms with Gasteiger partial charge in [0.1, 0.15) is 11.5 Å². The van der Waals surface area contributed by atoms with E-state index in [1.54, 1.807) is 37.1 Å². The van der Waals surface area contributed by atoms with Gasteiger partial charge in [-0.15, -0.1) is 11.3 Å². The average Bonchev–Trinajstić information content (AvgIpc) is 3.47. The Labute approximate surface area is 194 Å². The van der Waals surface area contributed by atoms with E-state index in [1.807, 2.05) is 64.7 Å². The Morgan fingerprint density at radius 3 is 2.78 bits per heavy atom. The lowest BCUT2D eigenvalue weighted by molar-refractivity contribution is -0.115. The Balaban J connectivity index is 1.53. The van der Waals surface area contributed by atoms with Crippen LogP contribution in [0.4, 0.5) is 10.8 Å². The third-order valence-electron chi connectivity index (χ3n) is 4.66. The van der Waals surface area contributed by atoms with Crippen LogP contribution in [0.15, 0.2) is 71.5 Å². The number of benzene rings is 2. The summed E-state index contributed by atoms with van der Waals surface area (Å²) >= 11 is 3.00. The molecule has 2 aromatic carbocycles. The predicted molar refractivity (Wildman–Crippen MR) is 128 cm³/mol. The van der Waals surface area contributed by atoms with Gasteiger partial charge in [-0.1, -0.05) is 30.0 Å². The Morgan fingerprint density at radius 1 is 1.16 bits per heavy atom. The van der Waals surface area contributed by atoms with Gasteiger partial charge in [0.15, 0.2) is 10.3 Å². The second kappa shape index (κ2) is 9.88. The first-order valence-electron chi connectivity index (χ1n) is 9.79. The van der Waals surface area contributed by atoms with Gasteiger partial charge in [-0.05, 0) is 24.3 Å². The number of carbonyl (C=O) groups excluding carboxylic acids is 1. The largest absolute Gasteiger partial charge is 0.497 e. The summed E-state index contributed by atoms with van der Waals surface area (Å²) in [5.41, 5.74) is 2.52. The third kappa shape index (κ3) is 4.63. The van der Waals surface area contributed by atoms with Crippen LogP contribution >= 0.6 is 23.1 Å². The number of aromatic nitrogens is 3. The van der Waals surface area contributed by atoms with Crippen LogP contribution in [0.3, 0.4) is 0 Å². The molecule has 1 amide bonds. The van der Waals surface area contributed by atoms with Gasteiger partial charge in [-0.2, -0.15) is 0 Å². The van der Waals surface area contributed by atoms with Crippen LogP contribution in [0, 0.1) is 0 Å². The van der Waals surface area contributed by atoms with E-state index in [0.717, 1.165) is 22.3 Å². The smallest absolute Gasteiger partial charge is 0.230 e. The lowest BCUT2D eigenvalue weighted by Crippen LogP contribution is -2.23. The topological polar surface area (TPSA) is 69.5 Å². The molecule has 0 saturated heterocycles. The average molecular weight is 467 g/mol. The molecular weight excluding hydrogens is 444 g/mol. The summed E-state index contributed by atoms with van der Waals surface area (Å²) in [7, 11) is 3.24. The number of imidazole rings is 1. The summed E-state index contributed by atoms with van der Waals surface area (Å²) in [5.74, 6) is 1.90. The molecule has 0 radical (unpaired) electrons.